The minimum Gasteiger partial charge on any atom is -0.489 e. The number of halogens is 1. The fourth-order valence-electron chi connectivity index (χ4n) is 2.20. The molecule has 1 atom stereocenters. The molecule has 1 aromatic carbocycles. The highest BCUT2D eigenvalue weighted by Crippen LogP contribution is 2.28. The molecule has 0 saturated heterocycles. The van der Waals surface area contributed by atoms with E-state index in [1.54, 1.807) is 12.1 Å². The van der Waals surface area contributed by atoms with E-state index in [2.05, 4.69) is 20.9 Å². The summed E-state index contributed by atoms with van der Waals surface area (Å²) >= 11 is 5.87. The molecule has 0 aliphatic heterocycles. The fraction of sp³-hybridized carbons (Fsp3) is 0.556. The zero-order valence-corrected chi connectivity index (χ0v) is 15.6. The number of ether oxygens (including phenoxy) is 1. The Morgan fingerprint density at radius 2 is 1.92 bits per heavy atom. The van der Waals surface area contributed by atoms with Crippen molar-refractivity contribution in [3.05, 3.63) is 29.3 Å². The summed E-state index contributed by atoms with van der Waals surface area (Å²) in [6, 6.07) is 7.28. The van der Waals surface area contributed by atoms with Gasteiger partial charge in [0.25, 0.3) is 0 Å². The molecule has 0 bridgehead atoms. The van der Waals surface area contributed by atoms with Crippen LogP contribution in [0.5, 0.6) is 5.75 Å². The quantitative estimate of drug-likeness (QED) is 0.356. The van der Waals surface area contributed by atoms with E-state index >= 15 is 0 Å². The molecule has 1 saturated carbocycles. The van der Waals surface area contributed by atoms with Gasteiger partial charge in [0.05, 0.1) is 6.54 Å². The largest absolute Gasteiger partial charge is 0.489 e. The number of hydrogen-bond acceptors (Lipinski definition) is 3. The van der Waals surface area contributed by atoms with Crippen molar-refractivity contribution < 1.29 is 9.53 Å². The van der Waals surface area contributed by atoms with E-state index in [0.717, 1.165) is 31.1 Å². The number of guanidine groups is 1. The molecule has 6 nitrogen and oxygen atoms in total. The molecule has 7 heteroatoms. The third-order valence-corrected chi connectivity index (χ3v) is 3.92. The van der Waals surface area contributed by atoms with Gasteiger partial charge in [-0.25, -0.2) is 4.99 Å². The molecule has 138 valence electrons. The second-order valence-electron chi connectivity index (χ2n) is 6.09. The van der Waals surface area contributed by atoms with Crippen LogP contribution in [0.15, 0.2) is 29.3 Å². The van der Waals surface area contributed by atoms with Crippen LogP contribution in [-0.2, 0) is 4.79 Å². The molecule has 1 aliphatic carbocycles. The highest BCUT2D eigenvalue weighted by molar-refractivity contribution is 6.30. The first-order valence-electron chi connectivity index (χ1n) is 8.80. The maximum absolute atomic E-state index is 11.6. The Labute approximate surface area is 154 Å². The van der Waals surface area contributed by atoms with Crippen molar-refractivity contribution in [2.24, 2.45) is 10.9 Å². The molecule has 1 unspecified atom stereocenters. The average molecular weight is 367 g/mol. The zero-order chi connectivity index (χ0) is 18.1. The van der Waals surface area contributed by atoms with Crippen LogP contribution >= 0.6 is 11.6 Å². The Bertz CT molecular complexity index is 573. The van der Waals surface area contributed by atoms with Gasteiger partial charge in [-0.3, -0.25) is 4.79 Å². The Kier molecular flexibility index (Phi) is 7.85. The predicted molar refractivity (Wildman–Crippen MR) is 101 cm³/mol. The molecule has 1 amide bonds. The van der Waals surface area contributed by atoms with E-state index in [1.807, 2.05) is 26.0 Å². The van der Waals surface area contributed by atoms with Crippen LogP contribution in [0.3, 0.4) is 0 Å². The van der Waals surface area contributed by atoms with Crippen LogP contribution < -0.4 is 20.7 Å². The molecule has 0 heterocycles. The van der Waals surface area contributed by atoms with Crippen LogP contribution in [-0.4, -0.2) is 44.1 Å². The van der Waals surface area contributed by atoms with E-state index in [4.69, 9.17) is 16.3 Å². The molecule has 1 fully saturated rings. The Balaban J connectivity index is 1.71. The van der Waals surface area contributed by atoms with Crippen molar-refractivity contribution in [1.29, 1.82) is 0 Å². The minimum atomic E-state index is -0.0637. The second-order valence-corrected chi connectivity index (χ2v) is 6.53. The van der Waals surface area contributed by atoms with Gasteiger partial charge in [0.1, 0.15) is 11.9 Å². The molecule has 0 aromatic heterocycles. The van der Waals surface area contributed by atoms with Gasteiger partial charge < -0.3 is 20.7 Å². The first kappa shape index (κ1) is 19.4. The van der Waals surface area contributed by atoms with Gasteiger partial charge in [0.15, 0.2) is 5.96 Å². The summed E-state index contributed by atoms with van der Waals surface area (Å²) < 4.78 is 5.81. The number of nitrogens with one attached hydrogen (secondary N) is 3. The summed E-state index contributed by atoms with van der Waals surface area (Å²) in [6.45, 7) is 6.50. The third kappa shape index (κ3) is 7.65. The van der Waals surface area contributed by atoms with Crippen LogP contribution in [0.4, 0.5) is 0 Å². The van der Waals surface area contributed by atoms with Crippen LogP contribution in [0.2, 0.25) is 5.02 Å². The van der Waals surface area contributed by atoms with Crippen molar-refractivity contribution in [2.45, 2.75) is 32.8 Å². The van der Waals surface area contributed by atoms with E-state index in [-0.39, 0.29) is 17.9 Å². The van der Waals surface area contributed by atoms with E-state index in [1.165, 1.54) is 0 Å². The van der Waals surface area contributed by atoms with Gasteiger partial charge in [0, 0.05) is 30.6 Å². The van der Waals surface area contributed by atoms with Gasteiger partial charge in [-0.2, -0.15) is 0 Å². The lowest BCUT2D eigenvalue weighted by atomic mass is 10.3. The topological polar surface area (TPSA) is 74.8 Å². The smallest absolute Gasteiger partial charge is 0.223 e. The number of aliphatic imine (C=N–C) groups is 1. The van der Waals surface area contributed by atoms with Crippen LogP contribution in [0, 0.1) is 5.92 Å². The fourth-order valence-corrected chi connectivity index (χ4v) is 2.33. The van der Waals surface area contributed by atoms with Gasteiger partial charge in [0.2, 0.25) is 5.91 Å². The molecular weight excluding hydrogens is 340 g/mol. The lowest BCUT2D eigenvalue weighted by molar-refractivity contribution is -0.122. The van der Waals surface area contributed by atoms with Gasteiger partial charge in [-0.15, -0.1) is 0 Å². The van der Waals surface area contributed by atoms with Crippen molar-refractivity contribution in [3.63, 3.8) is 0 Å². The molecule has 0 radical (unpaired) electrons. The van der Waals surface area contributed by atoms with Crippen molar-refractivity contribution in [1.82, 2.24) is 16.0 Å². The van der Waals surface area contributed by atoms with Gasteiger partial charge in [-0.1, -0.05) is 11.6 Å². The Morgan fingerprint density at radius 1 is 1.24 bits per heavy atom. The molecule has 25 heavy (non-hydrogen) atoms. The third-order valence-electron chi connectivity index (χ3n) is 3.67. The number of carbonyl (C=O) groups excluding carboxylic acids is 1. The van der Waals surface area contributed by atoms with Crippen LogP contribution in [0.1, 0.15) is 26.7 Å². The van der Waals surface area contributed by atoms with Gasteiger partial charge >= 0.3 is 0 Å². The first-order valence-corrected chi connectivity index (χ1v) is 9.18. The second kappa shape index (κ2) is 10.1. The summed E-state index contributed by atoms with van der Waals surface area (Å²) in [4.78, 5) is 16.1. The molecule has 3 N–H and O–H groups in total. The molecular formula is C18H27ClN4O2. The van der Waals surface area contributed by atoms with Crippen molar-refractivity contribution in [3.8, 4) is 5.75 Å². The number of nitrogens with zero attached hydrogens (tertiary/aromatic N) is 1. The summed E-state index contributed by atoms with van der Waals surface area (Å²) in [5, 5.41) is 10.0. The number of carbonyl (C=O) groups is 1. The van der Waals surface area contributed by atoms with Crippen molar-refractivity contribution >= 4 is 23.5 Å². The van der Waals surface area contributed by atoms with E-state index in [0.29, 0.717) is 24.7 Å². The number of benzene rings is 1. The summed E-state index contributed by atoms with van der Waals surface area (Å²) in [7, 11) is 0. The van der Waals surface area contributed by atoms with Crippen LogP contribution in [0.25, 0.3) is 0 Å². The van der Waals surface area contributed by atoms with Crippen molar-refractivity contribution in [2.75, 3.05) is 26.2 Å². The molecule has 2 rings (SSSR count). The van der Waals surface area contributed by atoms with E-state index < -0.39 is 0 Å². The molecule has 0 spiro atoms. The standard InChI is InChI=1S/C18H27ClN4O2/c1-3-20-18(22-11-10-21-17(24)14-4-5-14)23-12-13(2)25-16-8-6-15(19)7-9-16/h6-9,13-14H,3-5,10-12H2,1-2H3,(H,21,24)(H2,20,22,23). The maximum Gasteiger partial charge on any atom is 0.223 e. The minimum absolute atomic E-state index is 0.0637. The van der Waals surface area contributed by atoms with E-state index in [9.17, 15) is 4.79 Å². The normalized spacial score (nSPS) is 15.4. The lowest BCUT2D eigenvalue weighted by Crippen LogP contribution is -2.42. The lowest BCUT2D eigenvalue weighted by Gasteiger charge is -2.15. The highest BCUT2D eigenvalue weighted by atomic mass is 35.5. The SMILES string of the molecule is CCNC(=NCC(C)Oc1ccc(Cl)cc1)NCCNC(=O)C1CC1. The molecule has 1 aliphatic rings. The summed E-state index contributed by atoms with van der Waals surface area (Å²) in [5.74, 6) is 1.89. The highest BCUT2D eigenvalue weighted by Gasteiger charge is 2.28. The number of hydrogen-bond donors (Lipinski definition) is 3. The Hall–Kier alpha value is -1.95. The first-order chi connectivity index (χ1) is 12.1. The maximum atomic E-state index is 11.6. The van der Waals surface area contributed by atoms with Gasteiger partial charge in [-0.05, 0) is 51.0 Å². The number of amides is 1. The number of rotatable bonds is 9. The summed E-state index contributed by atoms with van der Waals surface area (Å²) in [5.41, 5.74) is 0. The Morgan fingerprint density at radius 3 is 2.56 bits per heavy atom. The predicted octanol–water partition coefficient (Wildman–Crippen LogP) is 2.19. The molecule has 1 aromatic rings. The average Bonchev–Trinajstić information content (AvgIpc) is 3.43. The zero-order valence-electron chi connectivity index (χ0n) is 14.8. The summed E-state index contributed by atoms with van der Waals surface area (Å²) in [6.07, 6.45) is 1.98. The monoisotopic (exact) mass is 366 g/mol.